The molecule has 1 aromatic heterocycles. The molecule has 2 heterocycles. The van der Waals surface area contributed by atoms with E-state index in [9.17, 15) is 9.59 Å². The van der Waals surface area contributed by atoms with Crippen LogP contribution in [-0.2, 0) is 28.0 Å². The Morgan fingerprint density at radius 2 is 1.97 bits per heavy atom. The highest BCUT2D eigenvalue weighted by Gasteiger charge is 2.43. The number of hydrogen-bond acceptors (Lipinski definition) is 5. The van der Waals surface area contributed by atoms with Gasteiger partial charge in [-0.05, 0) is 55.4 Å². The summed E-state index contributed by atoms with van der Waals surface area (Å²) in [4.78, 5) is 32.2. The number of nitrogens with zero attached hydrogens (tertiary/aromatic N) is 3. The summed E-state index contributed by atoms with van der Waals surface area (Å²) in [6.45, 7) is 2.18. The fourth-order valence-corrected chi connectivity index (χ4v) is 5.25. The van der Waals surface area contributed by atoms with Gasteiger partial charge in [0.15, 0.2) is 5.82 Å². The molecular formula is C23H28N4O3. The second kappa shape index (κ2) is 7.52. The van der Waals surface area contributed by atoms with E-state index >= 15 is 0 Å². The first kappa shape index (κ1) is 19.3. The predicted octanol–water partition coefficient (Wildman–Crippen LogP) is 3.20. The summed E-state index contributed by atoms with van der Waals surface area (Å²) in [7, 11) is 0. The van der Waals surface area contributed by atoms with Crippen molar-refractivity contribution in [2.24, 2.45) is 5.92 Å². The summed E-state index contributed by atoms with van der Waals surface area (Å²) in [5.41, 5.74) is 3.05. The Balaban J connectivity index is 1.33. The van der Waals surface area contributed by atoms with Crippen LogP contribution in [-0.4, -0.2) is 28.5 Å². The lowest BCUT2D eigenvalue weighted by atomic mass is 9.80. The van der Waals surface area contributed by atoms with E-state index in [-0.39, 0.29) is 24.2 Å². The van der Waals surface area contributed by atoms with Crippen LogP contribution in [0.1, 0.15) is 67.8 Å². The second-order valence-electron chi connectivity index (χ2n) is 8.98. The summed E-state index contributed by atoms with van der Waals surface area (Å²) in [5, 5.41) is 7.36. The first-order chi connectivity index (χ1) is 14.5. The molecule has 158 valence electrons. The first-order valence-electron chi connectivity index (χ1n) is 11.1. The minimum Gasteiger partial charge on any atom is -0.343 e. The Hall–Kier alpha value is -2.70. The molecule has 0 radical (unpaired) electrons. The number of aromatic nitrogens is 2. The van der Waals surface area contributed by atoms with Gasteiger partial charge in [-0.15, -0.1) is 0 Å². The van der Waals surface area contributed by atoms with Gasteiger partial charge in [-0.2, -0.15) is 4.98 Å². The van der Waals surface area contributed by atoms with Gasteiger partial charge in [-0.25, -0.2) is 0 Å². The fourth-order valence-electron chi connectivity index (χ4n) is 5.25. The molecule has 1 saturated carbocycles. The summed E-state index contributed by atoms with van der Waals surface area (Å²) in [6, 6.07) is 6.28. The molecule has 0 spiro atoms. The maximum absolute atomic E-state index is 13.2. The molecule has 2 amide bonds. The van der Waals surface area contributed by atoms with Crippen LogP contribution in [0.2, 0.25) is 0 Å². The molecule has 1 saturated heterocycles. The summed E-state index contributed by atoms with van der Waals surface area (Å²) < 4.78 is 5.20. The lowest BCUT2D eigenvalue weighted by molar-refractivity contribution is -0.128. The molecule has 30 heavy (non-hydrogen) atoms. The second-order valence-corrected chi connectivity index (χ2v) is 8.98. The molecule has 2 aliphatic carbocycles. The van der Waals surface area contributed by atoms with Crippen molar-refractivity contribution in [2.75, 3.05) is 11.4 Å². The van der Waals surface area contributed by atoms with Crippen molar-refractivity contribution in [3.8, 4) is 0 Å². The van der Waals surface area contributed by atoms with E-state index in [0.29, 0.717) is 18.3 Å². The molecular weight excluding hydrogens is 380 g/mol. The minimum absolute atomic E-state index is 0.0150. The third kappa shape index (κ3) is 3.40. The van der Waals surface area contributed by atoms with Crippen LogP contribution in [0.3, 0.4) is 0 Å². The number of rotatable bonds is 4. The number of carbonyl (C=O) groups is 2. The van der Waals surface area contributed by atoms with E-state index in [1.165, 1.54) is 17.5 Å². The molecule has 1 aromatic carbocycles. The van der Waals surface area contributed by atoms with Crippen LogP contribution < -0.4 is 10.2 Å². The molecule has 7 heteroatoms. The van der Waals surface area contributed by atoms with Crippen LogP contribution >= 0.6 is 0 Å². The standard InChI is InChI=1S/C23H28N4O3/c1-15-24-22(26-30-15)23(10-3-2-4-11-23)25-21(29)18-13-20(28)27(14-18)19-9-8-16-6-5-7-17(16)12-19/h8-9,12,18H,2-7,10-11,13-14H2,1H3,(H,25,29)/t18-/m0/s1. The zero-order valence-corrected chi connectivity index (χ0v) is 17.4. The number of hydrogen-bond donors (Lipinski definition) is 1. The molecule has 3 aliphatic rings. The monoisotopic (exact) mass is 408 g/mol. The maximum atomic E-state index is 13.2. The van der Waals surface area contributed by atoms with Crippen molar-refractivity contribution in [3.05, 3.63) is 41.0 Å². The van der Waals surface area contributed by atoms with Crippen molar-refractivity contribution >= 4 is 17.5 Å². The third-order valence-corrected chi connectivity index (χ3v) is 6.91. The van der Waals surface area contributed by atoms with Crippen molar-refractivity contribution in [1.82, 2.24) is 15.5 Å². The zero-order valence-electron chi connectivity index (χ0n) is 17.4. The van der Waals surface area contributed by atoms with E-state index in [0.717, 1.165) is 50.6 Å². The van der Waals surface area contributed by atoms with Gasteiger partial charge in [0.1, 0.15) is 5.54 Å². The Kier molecular flexibility index (Phi) is 4.83. The van der Waals surface area contributed by atoms with Gasteiger partial charge < -0.3 is 14.7 Å². The SMILES string of the molecule is Cc1nc(C2(NC(=O)[C@H]3CC(=O)N(c4ccc5c(c4)CCC5)C3)CCCCC2)no1. The average molecular weight is 409 g/mol. The minimum atomic E-state index is -0.586. The van der Waals surface area contributed by atoms with Crippen LogP contribution in [0.5, 0.6) is 0 Å². The maximum Gasteiger partial charge on any atom is 0.227 e. The molecule has 7 nitrogen and oxygen atoms in total. The molecule has 2 fully saturated rings. The Bertz CT molecular complexity index is 977. The van der Waals surface area contributed by atoms with Crippen molar-refractivity contribution in [2.45, 2.75) is 70.3 Å². The van der Waals surface area contributed by atoms with Crippen molar-refractivity contribution < 1.29 is 14.1 Å². The number of anilines is 1. The smallest absolute Gasteiger partial charge is 0.227 e. The van der Waals surface area contributed by atoms with E-state index in [4.69, 9.17) is 4.52 Å². The van der Waals surface area contributed by atoms with E-state index in [1.54, 1.807) is 11.8 Å². The molecule has 1 aliphatic heterocycles. The number of carbonyl (C=O) groups excluding carboxylic acids is 2. The highest BCUT2D eigenvalue weighted by atomic mass is 16.5. The number of nitrogens with one attached hydrogen (secondary N) is 1. The fraction of sp³-hybridized carbons (Fsp3) is 0.565. The Labute approximate surface area is 176 Å². The van der Waals surface area contributed by atoms with Crippen LogP contribution in [0.15, 0.2) is 22.7 Å². The first-order valence-corrected chi connectivity index (χ1v) is 11.1. The average Bonchev–Trinajstić information content (AvgIpc) is 3.47. The normalized spacial score (nSPS) is 22.9. The zero-order chi connectivity index (χ0) is 20.7. The quantitative estimate of drug-likeness (QED) is 0.839. The van der Waals surface area contributed by atoms with Gasteiger partial charge in [0.2, 0.25) is 17.7 Å². The predicted molar refractivity (Wildman–Crippen MR) is 111 cm³/mol. The molecule has 0 bridgehead atoms. The molecule has 1 atom stereocenters. The van der Waals surface area contributed by atoms with Gasteiger partial charge in [-0.3, -0.25) is 9.59 Å². The third-order valence-electron chi connectivity index (χ3n) is 6.91. The van der Waals surface area contributed by atoms with Crippen LogP contribution in [0.4, 0.5) is 5.69 Å². The number of aryl methyl sites for hydroxylation is 3. The lowest BCUT2D eigenvalue weighted by Gasteiger charge is -2.36. The molecule has 1 N–H and O–H groups in total. The summed E-state index contributed by atoms with van der Waals surface area (Å²) in [6.07, 6.45) is 8.37. The van der Waals surface area contributed by atoms with Crippen molar-refractivity contribution in [1.29, 1.82) is 0 Å². The van der Waals surface area contributed by atoms with Crippen LogP contribution in [0, 0.1) is 12.8 Å². The van der Waals surface area contributed by atoms with Gasteiger partial charge in [0, 0.05) is 25.6 Å². The topological polar surface area (TPSA) is 88.3 Å². The molecule has 0 unspecified atom stereocenters. The highest BCUT2D eigenvalue weighted by molar-refractivity contribution is 6.00. The van der Waals surface area contributed by atoms with Gasteiger partial charge in [0.05, 0.1) is 5.92 Å². The number of amides is 2. The van der Waals surface area contributed by atoms with E-state index in [2.05, 4.69) is 27.6 Å². The Morgan fingerprint density at radius 3 is 2.73 bits per heavy atom. The lowest BCUT2D eigenvalue weighted by Crippen LogP contribution is -2.50. The van der Waals surface area contributed by atoms with E-state index in [1.807, 2.05) is 6.07 Å². The number of benzene rings is 1. The van der Waals surface area contributed by atoms with Gasteiger partial charge >= 0.3 is 0 Å². The van der Waals surface area contributed by atoms with Crippen molar-refractivity contribution in [3.63, 3.8) is 0 Å². The summed E-state index contributed by atoms with van der Waals surface area (Å²) >= 11 is 0. The summed E-state index contributed by atoms with van der Waals surface area (Å²) in [5.74, 6) is 0.631. The number of fused-ring (bicyclic) bond motifs is 1. The molecule has 5 rings (SSSR count). The van der Waals surface area contributed by atoms with E-state index < -0.39 is 5.54 Å². The van der Waals surface area contributed by atoms with Crippen LogP contribution in [0.25, 0.3) is 0 Å². The molecule has 2 aromatic rings. The van der Waals surface area contributed by atoms with Gasteiger partial charge in [0.25, 0.3) is 0 Å². The Morgan fingerprint density at radius 1 is 1.17 bits per heavy atom. The van der Waals surface area contributed by atoms with Gasteiger partial charge in [-0.1, -0.05) is 30.5 Å². The highest BCUT2D eigenvalue weighted by Crippen LogP contribution is 2.37. The largest absolute Gasteiger partial charge is 0.343 e.